The average Bonchev–Trinajstić information content (AvgIpc) is 2.23. The summed E-state index contributed by atoms with van der Waals surface area (Å²) in [6.07, 6.45) is -0.289. The molecule has 6 heteroatoms. The molecular weight excluding hydrogens is 228 g/mol. The van der Waals surface area contributed by atoms with Crippen LogP contribution in [0.5, 0.6) is 0 Å². The molecule has 0 aromatic carbocycles. The number of aliphatic hydroxyl groups is 4. The highest BCUT2D eigenvalue weighted by atomic mass is 16.5. The lowest BCUT2D eigenvalue weighted by Gasteiger charge is -2.05. The molecule has 2 unspecified atom stereocenters. The van der Waals surface area contributed by atoms with Crippen molar-refractivity contribution < 1.29 is 29.9 Å². The first-order valence-electron chi connectivity index (χ1n) is 5.77. The predicted octanol–water partition coefficient (Wildman–Crippen LogP) is -0.858. The predicted molar refractivity (Wildman–Crippen MR) is 63.8 cm³/mol. The Bertz CT molecular complexity index is 129. The van der Waals surface area contributed by atoms with Crippen LogP contribution in [0.2, 0.25) is 0 Å². The van der Waals surface area contributed by atoms with E-state index in [-0.39, 0.29) is 19.3 Å². The van der Waals surface area contributed by atoms with E-state index >= 15 is 0 Å². The lowest BCUT2D eigenvalue weighted by molar-refractivity contribution is 0.00292. The highest BCUT2D eigenvalue weighted by Crippen LogP contribution is 1.83. The molecule has 0 aromatic heterocycles. The second kappa shape index (κ2) is 15.8. The van der Waals surface area contributed by atoms with Crippen LogP contribution in [0.1, 0.15) is 20.3 Å². The second-order valence-electron chi connectivity index (χ2n) is 3.62. The zero-order valence-corrected chi connectivity index (χ0v) is 10.7. The van der Waals surface area contributed by atoms with E-state index in [0.29, 0.717) is 32.8 Å². The summed E-state index contributed by atoms with van der Waals surface area (Å²) in [6.45, 7) is 5.04. The topological polar surface area (TPSA) is 99.4 Å². The Hall–Kier alpha value is -0.240. The number of hydrogen-bond acceptors (Lipinski definition) is 6. The number of rotatable bonds is 9. The molecule has 0 radical (unpaired) electrons. The molecule has 0 fully saturated rings. The van der Waals surface area contributed by atoms with Crippen molar-refractivity contribution in [2.24, 2.45) is 0 Å². The van der Waals surface area contributed by atoms with Crippen molar-refractivity contribution in [1.82, 2.24) is 0 Å². The van der Waals surface area contributed by atoms with Crippen LogP contribution in [0.4, 0.5) is 0 Å². The summed E-state index contributed by atoms with van der Waals surface area (Å²) in [7, 11) is 0. The fourth-order valence-electron chi connectivity index (χ4n) is 0.725. The molecule has 0 saturated carbocycles. The maximum atomic E-state index is 8.75. The molecule has 2 atom stereocenters. The molecule has 0 spiro atoms. The van der Waals surface area contributed by atoms with E-state index in [0.717, 1.165) is 0 Å². The lowest BCUT2D eigenvalue weighted by atomic mass is 10.3. The number of hydrogen-bond donors (Lipinski definition) is 4. The van der Waals surface area contributed by atoms with Gasteiger partial charge in [-0.05, 0) is 20.3 Å². The smallest absolute Gasteiger partial charge is 0.0745 e. The van der Waals surface area contributed by atoms with Crippen molar-refractivity contribution in [3.8, 4) is 0 Å². The van der Waals surface area contributed by atoms with Gasteiger partial charge in [-0.1, -0.05) is 0 Å². The highest BCUT2D eigenvalue weighted by Gasteiger charge is 1.94. The summed E-state index contributed by atoms with van der Waals surface area (Å²) in [5.74, 6) is 0. The van der Waals surface area contributed by atoms with Crippen LogP contribution in [-0.2, 0) is 9.47 Å². The molecule has 6 nitrogen and oxygen atoms in total. The van der Waals surface area contributed by atoms with Gasteiger partial charge in [-0.3, -0.25) is 0 Å². The SMILES string of the molecule is CC(O)CCO.CC(O)COCCOCCO. The van der Waals surface area contributed by atoms with Crippen LogP contribution in [0.15, 0.2) is 0 Å². The first kappa shape index (κ1) is 19.1. The third kappa shape index (κ3) is 25.8. The molecule has 0 amide bonds. The Morgan fingerprint density at radius 2 is 1.41 bits per heavy atom. The molecule has 4 N–H and O–H groups in total. The number of ether oxygens (including phenoxy) is 2. The van der Waals surface area contributed by atoms with Gasteiger partial charge in [0, 0.05) is 6.61 Å². The average molecular weight is 254 g/mol. The van der Waals surface area contributed by atoms with Crippen molar-refractivity contribution in [3.05, 3.63) is 0 Å². The van der Waals surface area contributed by atoms with E-state index in [2.05, 4.69) is 0 Å². The molecule has 106 valence electrons. The molecule has 0 bridgehead atoms. The van der Waals surface area contributed by atoms with Gasteiger partial charge in [0.1, 0.15) is 0 Å². The summed E-state index contributed by atoms with van der Waals surface area (Å²) in [6, 6.07) is 0. The van der Waals surface area contributed by atoms with Crippen molar-refractivity contribution in [2.45, 2.75) is 32.5 Å². The first-order chi connectivity index (χ1) is 8.04. The van der Waals surface area contributed by atoms with E-state index in [1.54, 1.807) is 13.8 Å². The minimum absolute atomic E-state index is 0.0381. The summed E-state index contributed by atoms with van der Waals surface area (Å²) in [5.41, 5.74) is 0. The van der Waals surface area contributed by atoms with Gasteiger partial charge in [0.2, 0.25) is 0 Å². The molecule has 0 rings (SSSR count). The maximum Gasteiger partial charge on any atom is 0.0745 e. The normalized spacial score (nSPS) is 13.8. The van der Waals surface area contributed by atoms with Gasteiger partial charge < -0.3 is 29.9 Å². The van der Waals surface area contributed by atoms with Crippen molar-refractivity contribution in [3.63, 3.8) is 0 Å². The molecule has 0 saturated heterocycles. The minimum atomic E-state index is -0.423. The zero-order chi connectivity index (χ0) is 13.5. The van der Waals surface area contributed by atoms with Crippen molar-refractivity contribution in [1.29, 1.82) is 0 Å². The molecule has 0 aromatic rings. The van der Waals surface area contributed by atoms with Crippen molar-refractivity contribution >= 4 is 0 Å². The van der Waals surface area contributed by atoms with E-state index < -0.39 is 6.10 Å². The van der Waals surface area contributed by atoms with Crippen LogP contribution in [-0.4, -0.2) is 72.3 Å². The van der Waals surface area contributed by atoms with Gasteiger partial charge in [-0.25, -0.2) is 0 Å². The third-order valence-corrected chi connectivity index (χ3v) is 1.51. The summed E-state index contributed by atoms with van der Waals surface area (Å²) in [4.78, 5) is 0. The second-order valence-corrected chi connectivity index (χ2v) is 3.62. The third-order valence-electron chi connectivity index (χ3n) is 1.51. The largest absolute Gasteiger partial charge is 0.396 e. The summed E-state index contributed by atoms with van der Waals surface area (Å²) in [5, 5.41) is 33.5. The Kier molecular flexibility index (Phi) is 17.7. The monoisotopic (exact) mass is 254 g/mol. The van der Waals surface area contributed by atoms with E-state index in [4.69, 9.17) is 29.9 Å². The van der Waals surface area contributed by atoms with Gasteiger partial charge in [-0.15, -0.1) is 0 Å². The summed E-state index contributed by atoms with van der Waals surface area (Å²) < 4.78 is 9.89. The molecule has 17 heavy (non-hydrogen) atoms. The van der Waals surface area contributed by atoms with Crippen molar-refractivity contribution in [2.75, 3.05) is 39.6 Å². The molecule has 0 aliphatic carbocycles. The molecule has 0 aliphatic heterocycles. The Balaban J connectivity index is 0. The Morgan fingerprint density at radius 3 is 1.76 bits per heavy atom. The Morgan fingerprint density at radius 1 is 0.824 bits per heavy atom. The summed E-state index contributed by atoms with van der Waals surface area (Å²) >= 11 is 0. The van der Waals surface area contributed by atoms with E-state index in [1.807, 2.05) is 0 Å². The van der Waals surface area contributed by atoms with Crippen LogP contribution < -0.4 is 0 Å². The van der Waals surface area contributed by atoms with E-state index in [1.165, 1.54) is 0 Å². The van der Waals surface area contributed by atoms with Gasteiger partial charge in [0.05, 0.1) is 45.2 Å². The van der Waals surface area contributed by atoms with Gasteiger partial charge >= 0.3 is 0 Å². The van der Waals surface area contributed by atoms with Crippen LogP contribution in [0, 0.1) is 0 Å². The lowest BCUT2D eigenvalue weighted by Crippen LogP contribution is -2.14. The maximum absolute atomic E-state index is 8.75. The van der Waals surface area contributed by atoms with Gasteiger partial charge in [0.15, 0.2) is 0 Å². The van der Waals surface area contributed by atoms with Gasteiger partial charge in [-0.2, -0.15) is 0 Å². The quantitative estimate of drug-likeness (QED) is 0.400. The molecule has 0 aliphatic rings. The standard InChI is InChI=1S/C7H16O4.C4H10O2/c1-7(9)6-11-5-4-10-3-2-8;1-4(6)2-3-5/h7-9H,2-6H2,1H3;4-6H,2-3H2,1H3. The van der Waals surface area contributed by atoms with Crippen LogP contribution >= 0.6 is 0 Å². The Labute approximate surface area is 103 Å². The van der Waals surface area contributed by atoms with Gasteiger partial charge in [0.25, 0.3) is 0 Å². The fourth-order valence-corrected chi connectivity index (χ4v) is 0.725. The molecular formula is C11H26O6. The highest BCUT2D eigenvalue weighted by molar-refractivity contribution is 4.41. The first-order valence-corrected chi connectivity index (χ1v) is 5.77. The number of aliphatic hydroxyl groups excluding tert-OH is 4. The molecule has 0 heterocycles. The fraction of sp³-hybridized carbons (Fsp3) is 1.00. The van der Waals surface area contributed by atoms with E-state index in [9.17, 15) is 0 Å². The zero-order valence-electron chi connectivity index (χ0n) is 10.7. The van der Waals surface area contributed by atoms with Crippen LogP contribution in [0.25, 0.3) is 0 Å². The minimum Gasteiger partial charge on any atom is -0.396 e. The van der Waals surface area contributed by atoms with Crippen LogP contribution in [0.3, 0.4) is 0 Å².